The molecule has 11 heteroatoms. The van der Waals surface area contributed by atoms with Gasteiger partial charge in [0.25, 0.3) is 5.91 Å². The number of halogens is 4. The Balaban J connectivity index is 1.44. The summed E-state index contributed by atoms with van der Waals surface area (Å²) in [6.07, 6.45) is 1.42. The molecule has 1 heterocycles. The van der Waals surface area contributed by atoms with E-state index in [0.717, 1.165) is 16.0 Å². The van der Waals surface area contributed by atoms with Gasteiger partial charge in [0.1, 0.15) is 18.8 Å². The number of rotatable bonds is 7. The summed E-state index contributed by atoms with van der Waals surface area (Å²) in [5.41, 5.74) is 2.72. The predicted octanol–water partition coefficient (Wildman–Crippen LogP) is 6.72. The smallest absolute Gasteiger partial charge is 0.329 e. The Bertz CT molecular complexity index is 1420. The first-order valence-electron chi connectivity index (χ1n) is 10.9. The molecule has 1 saturated heterocycles. The summed E-state index contributed by atoms with van der Waals surface area (Å²) in [5.74, 6) is -0.922. The maximum absolute atomic E-state index is 12.8. The van der Waals surface area contributed by atoms with Gasteiger partial charge in [-0.05, 0) is 66.1 Å². The number of urea groups is 1. The molecule has 2 N–H and O–H groups in total. The third-order valence-corrected chi connectivity index (χ3v) is 6.57. The Morgan fingerprint density at radius 2 is 1.70 bits per heavy atom. The standard InChI is InChI=1S/C26H19Cl4N3O4/c1-14-3-2-4-17(7-14)31-23(34)12-33-25(35)22(32-26(33)36)11-16-9-20(29)24(21(30)10-16)37-13-15-5-6-18(27)19(28)8-15/h2-11H,12-13H2,1H3,(H,31,34)(H,32,36)/b22-11+. The summed E-state index contributed by atoms with van der Waals surface area (Å²) in [6, 6.07) is 14.6. The monoisotopic (exact) mass is 577 g/mol. The Morgan fingerprint density at radius 3 is 2.38 bits per heavy atom. The number of carbonyl (C=O) groups excluding carboxylic acids is 3. The topological polar surface area (TPSA) is 87.7 Å². The van der Waals surface area contributed by atoms with Crippen molar-refractivity contribution in [3.8, 4) is 5.75 Å². The van der Waals surface area contributed by atoms with Gasteiger partial charge < -0.3 is 15.4 Å². The molecule has 7 nitrogen and oxygen atoms in total. The molecular weight excluding hydrogens is 560 g/mol. The molecule has 1 fully saturated rings. The quantitative estimate of drug-likeness (QED) is 0.241. The number of carbonyl (C=O) groups is 3. The lowest BCUT2D eigenvalue weighted by molar-refractivity contribution is -0.127. The summed E-state index contributed by atoms with van der Waals surface area (Å²) in [5, 5.41) is 6.36. The van der Waals surface area contributed by atoms with Crippen LogP contribution in [0.3, 0.4) is 0 Å². The van der Waals surface area contributed by atoms with Gasteiger partial charge in [-0.3, -0.25) is 9.59 Å². The number of nitrogens with one attached hydrogen (secondary N) is 2. The van der Waals surface area contributed by atoms with Gasteiger partial charge in [-0.25, -0.2) is 9.69 Å². The molecule has 37 heavy (non-hydrogen) atoms. The third-order valence-electron chi connectivity index (χ3n) is 5.26. The van der Waals surface area contributed by atoms with Gasteiger partial charge in [-0.2, -0.15) is 0 Å². The minimum atomic E-state index is -0.714. The Labute approximate surface area is 232 Å². The van der Waals surface area contributed by atoms with Crippen molar-refractivity contribution in [3.05, 3.63) is 97.1 Å². The zero-order valence-electron chi connectivity index (χ0n) is 19.3. The summed E-state index contributed by atoms with van der Waals surface area (Å²) in [4.78, 5) is 38.4. The van der Waals surface area contributed by atoms with Crippen molar-refractivity contribution >= 4 is 76.0 Å². The number of ether oxygens (including phenoxy) is 1. The van der Waals surface area contributed by atoms with E-state index in [1.165, 1.54) is 18.2 Å². The number of anilines is 1. The molecule has 4 amide bonds. The summed E-state index contributed by atoms with van der Waals surface area (Å²) in [7, 11) is 0. The van der Waals surface area contributed by atoms with Crippen molar-refractivity contribution in [1.82, 2.24) is 10.2 Å². The van der Waals surface area contributed by atoms with Crippen LogP contribution in [0.15, 0.2) is 60.3 Å². The van der Waals surface area contributed by atoms with Crippen LogP contribution < -0.4 is 15.4 Å². The first-order chi connectivity index (χ1) is 17.6. The first kappa shape index (κ1) is 26.8. The van der Waals surface area contributed by atoms with Gasteiger partial charge in [0, 0.05) is 5.69 Å². The Kier molecular flexibility index (Phi) is 8.29. The second kappa shape index (κ2) is 11.4. The average Bonchev–Trinajstić information content (AvgIpc) is 3.08. The van der Waals surface area contributed by atoms with Crippen LogP contribution >= 0.6 is 46.4 Å². The molecule has 1 aliphatic rings. The van der Waals surface area contributed by atoms with Gasteiger partial charge in [0.15, 0.2) is 5.75 Å². The summed E-state index contributed by atoms with van der Waals surface area (Å²) >= 11 is 24.7. The molecule has 1 aliphatic heterocycles. The molecule has 3 aromatic carbocycles. The van der Waals surface area contributed by atoms with Gasteiger partial charge in [-0.15, -0.1) is 0 Å². The number of hydrogen-bond acceptors (Lipinski definition) is 4. The number of amides is 4. The first-order valence-corrected chi connectivity index (χ1v) is 12.4. The van der Waals surface area contributed by atoms with Crippen LogP contribution in [0.25, 0.3) is 6.08 Å². The van der Waals surface area contributed by atoms with E-state index in [-0.39, 0.29) is 28.1 Å². The van der Waals surface area contributed by atoms with Crippen molar-refractivity contribution in [1.29, 1.82) is 0 Å². The normalized spacial score (nSPS) is 14.2. The summed E-state index contributed by atoms with van der Waals surface area (Å²) < 4.78 is 5.75. The highest BCUT2D eigenvalue weighted by Crippen LogP contribution is 2.36. The minimum absolute atomic E-state index is 0.0232. The van der Waals surface area contributed by atoms with Crippen LogP contribution in [0.5, 0.6) is 5.75 Å². The van der Waals surface area contributed by atoms with Gasteiger partial charge >= 0.3 is 6.03 Å². The molecule has 0 bridgehead atoms. The lowest BCUT2D eigenvalue weighted by Gasteiger charge is -2.12. The van der Waals surface area contributed by atoms with Crippen LogP contribution in [0.4, 0.5) is 10.5 Å². The maximum atomic E-state index is 12.8. The lowest BCUT2D eigenvalue weighted by atomic mass is 10.1. The number of nitrogens with zero attached hydrogens (tertiary/aromatic N) is 1. The molecule has 4 rings (SSSR count). The highest BCUT2D eigenvalue weighted by atomic mass is 35.5. The highest BCUT2D eigenvalue weighted by Gasteiger charge is 2.35. The molecule has 190 valence electrons. The average molecular weight is 579 g/mol. The fourth-order valence-electron chi connectivity index (χ4n) is 3.53. The van der Waals surface area contributed by atoms with Crippen molar-refractivity contribution in [2.45, 2.75) is 13.5 Å². The predicted molar refractivity (Wildman–Crippen MR) is 145 cm³/mol. The second-order valence-electron chi connectivity index (χ2n) is 8.15. The van der Waals surface area contributed by atoms with E-state index in [1.807, 2.05) is 13.0 Å². The van der Waals surface area contributed by atoms with E-state index in [9.17, 15) is 14.4 Å². The number of aryl methyl sites for hydroxylation is 1. The molecule has 0 aromatic heterocycles. The molecule has 0 spiro atoms. The van der Waals surface area contributed by atoms with Crippen molar-refractivity contribution in [2.24, 2.45) is 0 Å². The molecule has 0 aliphatic carbocycles. The van der Waals surface area contributed by atoms with Crippen LogP contribution in [0, 0.1) is 6.92 Å². The van der Waals surface area contributed by atoms with E-state index < -0.39 is 24.4 Å². The van der Waals surface area contributed by atoms with E-state index in [1.54, 1.807) is 36.4 Å². The molecule has 0 radical (unpaired) electrons. The van der Waals surface area contributed by atoms with Crippen molar-refractivity contribution < 1.29 is 19.1 Å². The van der Waals surface area contributed by atoms with Crippen molar-refractivity contribution in [3.63, 3.8) is 0 Å². The van der Waals surface area contributed by atoms with E-state index >= 15 is 0 Å². The van der Waals surface area contributed by atoms with Crippen LogP contribution in [-0.4, -0.2) is 29.3 Å². The molecule has 0 unspecified atom stereocenters. The van der Waals surface area contributed by atoms with Gasteiger partial charge in [-0.1, -0.05) is 64.6 Å². The largest absolute Gasteiger partial charge is 0.486 e. The van der Waals surface area contributed by atoms with E-state index in [2.05, 4.69) is 10.6 Å². The molecule has 3 aromatic rings. The van der Waals surface area contributed by atoms with Crippen LogP contribution in [0.2, 0.25) is 20.1 Å². The third kappa shape index (κ3) is 6.56. The summed E-state index contributed by atoms with van der Waals surface area (Å²) in [6.45, 7) is 1.58. The van der Waals surface area contributed by atoms with Gasteiger partial charge in [0.05, 0.1) is 20.1 Å². The Hall–Kier alpha value is -3.23. The molecular formula is C26H19Cl4N3O4. The van der Waals surface area contributed by atoms with Crippen molar-refractivity contribution in [2.75, 3.05) is 11.9 Å². The Morgan fingerprint density at radius 1 is 0.973 bits per heavy atom. The van der Waals surface area contributed by atoms with Crippen LogP contribution in [-0.2, 0) is 16.2 Å². The second-order valence-corrected chi connectivity index (χ2v) is 9.78. The molecule has 0 saturated carbocycles. The van der Waals surface area contributed by atoms with E-state index in [4.69, 9.17) is 51.1 Å². The minimum Gasteiger partial charge on any atom is -0.486 e. The fraction of sp³-hybridized carbons (Fsp3) is 0.115. The lowest BCUT2D eigenvalue weighted by Crippen LogP contribution is -2.38. The SMILES string of the molecule is Cc1cccc(NC(=O)CN2C(=O)N/C(=C/c3cc(Cl)c(OCc4ccc(Cl)c(Cl)c4)c(Cl)c3)C2=O)c1. The zero-order chi connectivity index (χ0) is 26.7. The van der Waals surface area contributed by atoms with Gasteiger partial charge in [0.2, 0.25) is 5.91 Å². The highest BCUT2D eigenvalue weighted by molar-refractivity contribution is 6.42. The number of imide groups is 1. The molecule has 0 atom stereocenters. The zero-order valence-corrected chi connectivity index (χ0v) is 22.3. The number of benzene rings is 3. The van der Waals surface area contributed by atoms with E-state index in [0.29, 0.717) is 21.3 Å². The fourth-order valence-corrected chi connectivity index (χ4v) is 4.47. The number of hydrogen-bond donors (Lipinski definition) is 2. The van der Waals surface area contributed by atoms with Crippen LogP contribution in [0.1, 0.15) is 16.7 Å². The maximum Gasteiger partial charge on any atom is 0.329 e.